The van der Waals surface area contributed by atoms with Crippen LogP contribution in [0.2, 0.25) is 0 Å². The highest BCUT2D eigenvalue weighted by atomic mass is 35.5. The molecule has 0 aliphatic rings. The second-order valence-electron chi connectivity index (χ2n) is 2.53. The molecule has 0 aliphatic carbocycles. The first-order valence-electron chi connectivity index (χ1n) is 3.73. The molecule has 0 bridgehead atoms. The maximum absolute atomic E-state index is 12.4. The van der Waals surface area contributed by atoms with E-state index in [1.54, 1.807) is 0 Å². The van der Waals surface area contributed by atoms with Gasteiger partial charge in [-0.2, -0.15) is 0 Å². The van der Waals surface area contributed by atoms with E-state index < -0.39 is 34.6 Å². The average Bonchev–Trinajstić information content (AvgIpc) is 2.17. The molecule has 1 rings (SSSR count). The van der Waals surface area contributed by atoms with Crippen LogP contribution in [-0.4, -0.2) is 22.4 Å². The highest BCUT2D eigenvalue weighted by molar-refractivity contribution is 6.67. The van der Waals surface area contributed by atoms with E-state index in [1.807, 2.05) is 0 Å². The van der Waals surface area contributed by atoms with E-state index in [0.29, 0.717) is 0 Å². The van der Waals surface area contributed by atoms with E-state index in [2.05, 4.69) is 9.72 Å². The molecule has 4 nitrogen and oxygen atoms in total. The fourth-order valence-corrected chi connectivity index (χ4v) is 1.04. The Morgan fingerprint density at radius 2 is 2.27 bits per heavy atom. The summed E-state index contributed by atoms with van der Waals surface area (Å²) in [5, 5.41) is 8.24. The van der Waals surface area contributed by atoms with Gasteiger partial charge in [0.05, 0.1) is 12.7 Å². The molecule has 0 saturated heterocycles. The Kier molecular flexibility index (Phi) is 3.41. The van der Waals surface area contributed by atoms with Gasteiger partial charge >= 0.3 is 0 Å². The molecule has 7 heteroatoms. The third kappa shape index (κ3) is 2.33. The van der Waals surface area contributed by atoms with Gasteiger partial charge in [-0.25, -0.2) is 13.8 Å². The van der Waals surface area contributed by atoms with Crippen LogP contribution in [0, 0.1) is 0 Å². The van der Waals surface area contributed by atoms with Gasteiger partial charge in [-0.15, -0.1) is 0 Å². The number of halogens is 3. The maximum atomic E-state index is 12.4. The van der Waals surface area contributed by atoms with Gasteiger partial charge in [-0.3, -0.25) is 4.79 Å². The first-order chi connectivity index (χ1) is 6.97. The molecule has 0 fully saturated rings. The molecule has 0 saturated carbocycles. The molecule has 82 valence electrons. The molecule has 0 aliphatic heterocycles. The van der Waals surface area contributed by atoms with Crippen LogP contribution in [0.3, 0.4) is 0 Å². The summed E-state index contributed by atoms with van der Waals surface area (Å²) >= 11 is 5.08. The van der Waals surface area contributed by atoms with Gasteiger partial charge in [-0.1, -0.05) is 0 Å². The van der Waals surface area contributed by atoms with E-state index >= 15 is 0 Å². The van der Waals surface area contributed by atoms with Crippen molar-refractivity contribution in [2.24, 2.45) is 0 Å². The number of alkyl halides is 2. The van der Waals surface area contributed by atoms with Crippen molar-refractivity contribution in [2.75, 3.05) is 7.11 Å². The normalized spacial score (nSPS) is 10.5. The van der Waals surface area contributed by atoms with Crippen molar-refractivity contribution in [2.45, 2.75) is 6.43 Å². The average molecular weight is 238 g/mol. The van der Waals surface area contributed by atoms with Gasteiger partial charge in [0.15, 0.2) is 5.75 Å². The number of pyridine rings is 1. The Hall–Kier alpha value is -1.43. The monoisotopic (exact) mass is 237 g/mol. The summed E-state index contributed by atoms with van der Waals surface area (Å²) in [6.07, 6.45) is -2.95. The summed E-state index contributed by atoms with van der Waals surface area (Å²) in [6, 6.07) is 0.720. The van der Waals surface area contributed by atoms with E-state index in [-0.39, 0.29) is 0 Å². The topological polar surface area (TPSA) is 59.4 Å². The van der Waals surface area contributed by atoms with Crippen molar-refractivity contribution in [3.05, 3.63) is 17.3 Å². The second-order valence-corrected chi connectivity index (χ2v) is 2.87. The number of hydrogen-bond donors (Lipinski definition) is 1. The first-order valence-corrected chi connectivity index (χ1v) is 4.11. The second kappa shape index (κ2) is 4.39. The molecule has 0 atom stereocenters. The zero-order chi connectivity index (χ0) is 11.6. The van der Waals surface area contributed by atoms with Crippen molar-refractivity contribution in [1.29, 1.82) is 0 Å². The summed E-state index contributed by atoms with van der Waals surface area (Å²) < 4.78 is 29.3. The number of methoxy groups -OCH3 is 1. The third-order valence-electron chi connectivity index (χ3n) is 1.62. The number of rotatable bonds is 3. The van der Waals surface area contributed by atoms with Gasteiger partial charge in [0, 0.05) is 0 Å². The van der Waals surface area contributed by atoms with Crippen LogP contribution in [0.15, 0.2) is 6.07 Å². The van der Waals surface area contributed by atoms with Crippen LogP contribution in [0.25, 0.3) is 0 Å². The molecule has 0 unspecified atom stereocenters. The van der Waals surface area contributed by atoms with E-state index in [4.69, 9.17) is 11.6 Å². The van der Waals surface area contributed by atoms with Crippen LogP contribution in [0.1, 0.15) is 22.5 Å². The fraction of sp³-hybridized carbons (Fsp3) is 0.250. The largest absolute Gasteiger partial charge is 0.503 e. The Bertz CT molecular complexity index is 398. The number of nitrogens with zero attached hydrogens (tertiary/aromatic N) is 1. The molecule has 1 N–H and O–H groups in total. The fourth-order valence-electron chi connectivity index (χ4n) is 0.943. The standard InChI is InChI=1S/C8H6ClF2NO3/c1-15-8-5(13)3(7(10)11)2-4(12-8)6(9)14/h2,7,13H,1H3. The minimum Gasteiger partial charge on any atom is -0.503 e. The number of aromatic nitrogens is 1. The molecule has 15 heavy (non-hydrogen) atoms. The van der Waals surface area contributed by atoms with Crippen molar-refractivity contribution >= 4 is 16.8 Å². The third-order valence-corrected chi connectivity index (χ3v) is 1.81. The van der Waals surface area contributed by atoms with Gasteiger partial charge in [0.1, 0.15) is 5.69 Å². The summed E-state index contributed by atoms with van der Waals surface area (Å²) in [7, 11) is 1.12. The summed E-state index contributed by atoms with van der Waals surface area (Å²) in [6.45, 7) is 0. The predicted octanol–water partition coefficient (Wildman–Crippen LogP) is 2.11. The molecule has 0 spiro atoms. The Balaban J connectivity index is 3.38. The number of hydrogen-bond acceptors (Lipinski definition) is 4. The molecule has 0 amide bonds. The zero-order valence-corrected chi connectivity index (χ0v) is 8.26. The lowest BCUT2D eigenvalue weighted by molar-refractivity contribution is 0.107. The summed E-state index contributed by atoms with van der Waals surface area (Å²) in [5.74, 6) is -1.26. The van der Waals surface area contributed by atoms with Gasteiger partial charge < -0.3 is 9.84 Å². The van der Waals surface area contributed by atoms with E-state index in [0.717, 1.165) is 13.2 Å². The van der Waals surface area contributed by atoms with Crippen molar-refractivity contribution in [3.8, 4) is 11.6 Å². The highest BCUT2D eigenvalue weighted by Gasteiger charge is 2.21. The number of ether oxygens (including phenoxy) is 1. The maximum Gasteiger partial charge on any atom is 0.270 e. The summed E-state index contributed by atoms with van der Waals surface area (Å²) in [4.78, 5) is 14.2. The molecule has 0 radical (unpaired) electrons. The Morgan fingerprint density at radius 3 is 2.67 bits per heavy atom. The quantitative estimate of drug-likeness (QED) is 0.818. The van der Waals surface area contributed by atoms with Crippen LogP contribution in [-0.2, 0) is 0 Å². The Labute approximate surface area is 88.4 Å². The first kappa shape index (κ1) is 11.6. The molecular weight excluding hydrogens is 232 g/mol. The number of carbonyl (C=O) groups is 1. The smallest absolute Gasteiger partial charge is 0.270 e. The van der Waals surface area contributed by atoms with Crippen molar-refractivity contribution < 1.29 is 23.4 Å². The molecule has 1 aromatic rings. The van der Waals surface area contributed by atoms with Gasteiger partial charge in [0.2, 0.25) is 0 Å². The van der Waals surface area contributed by atoms with Crippen LogP contribution in [0.5, 0.6) is 11.6 Å². The van der Waals surface area contributed by atoms with Crippen molar-refractivity contribution in [1.82, 2.24) is 4.98 Å². The van der Waals surface area contributed by atoms with Crippen molar-refractivity contribution in [3.63, 3.8) is 0 Å². The molecule has 1 heterocycles. The minimum absolute atomic E-state index is 0.401. The molecule has 1 aromatic heterocycles. The van der Waals surface area contributed by atoms with Crippen LogP contribution in [0.4, 0.5) is 8.78 Å². The lowest BCUT2D eigenvalue weighted by Crippen LogP contribution is -2.01. The lowest BCUT2D eigenvalue weighted by atomic mass is 10.2. The van der Waals surface area contributed by atoms with Crippen LogP contribution < -0.4 is 4.74 Å². The zero-order valence-electron chi connectivity index (χ0n) is 7.50. The predicted molar refractivity (Wildman–Crippen MR) is 47.6 cm³/mol. The Morgan fingerprint density at radius 1 is 1.67 bits per heavy atom. The number of aromatic hydroxyl groups is 1. The highest BCUT2D eigenvalue weighted by Crippen LogP contribution is 2.35. The number of carbonyl (C=O) groups excluding carboxylic acids is 1. The van der Waals surface area contributed by atoms with E-state index in [1.165, 1.54) is 0 Å². The van der Waals surface area contributed by atoms with Gasteiger partial charge in [-0.05, 0) is 17.7 Å². The molecule has 0 aromatic carbocycles. The minimum atomic E-state index is -2.95. The summed E-state index contributed by atoms with van der Waals surface area (Å²) in [5.41, 5.74) is -1.15. The molecular formula is C8H6ClF2NO3. The van der Waals surface area contributed by atoms with E-state index in [9.17, 15) is 18.7 Å². The van der Waals surface area contributed by atoms with Crippen LogP contribution >= 0.6 is 11.6 Å². The van der Waals surface area contributed by atoms with Gasteiger partial charge in [0.25, 0.3) is 17.5 Å². The lowest BCUT2D eigenvalue weighted by Gasteiger charge is -2.08. The SMILES string of the molecule is COc1nc(C(=O)Cl)cc(C(F)F)c1O.